The molecule has 0 aromatic heterocycles. The third-order valence-corrected chi connectivity index (χ3v) is 2.92. The van der Waals surface area contributed by atoms with Crippen LogP contribution < -0.4 is 4.90 Å². The summed E-state index contributed by atoms with van der Waals surface area (Å²) in [5, 5.41) is 0. The number of hydrogen-bond acceptors (Lipinski definition) is 3. The van der Waals surface area contributed by atoms with Crippen molar-refractivity contribution in [3.05, 3.63) is 29.6 Å². The van der Waals surface area contributed by atoms with Crippen LogP contribution in [0.25, 0.3) is 0 Å². The highest BCUT2D eigenvalue weighted by Gasteiger charge is 2.37. The van der Waals surface area contributed by atoms with E-state index in [2.05, 4.69) is 0 Å². The van der Waals surface area contributed by atoms with E-state index in [1.54, 1.807) is 7.11 Å². The third-order valence-electron chi connectivity index (χ3n) is 2.92. The number of unbranched alkanes of at least 4 members (excludes halogenated alkanes) is 1. The molecule has 0 fully saturated rings. The molecule has 1 amide bonds. The van der Waals surface area contributed by atoms with Crippen molar-refractivity contribution in [3.8, 4) is 0 Å². The lowest BCUT2D eigenvalue weighted by atomic mass is 10.1. The molecule has 0 aliphatic carbocycles. The van der Waals surface area contributed by atoms with Gasteiger partial charge in [0.05, 0.1) is 11.3 Å². The number of hydrogen-bond donors (Lipinski definition) is 0. The van der Waals surface area contributed by atoms with Gasteiger partial charge in [-0.15, -0.1) is 0 Å². The third kappa shape index (κ3) is 2.13. The molecule has 1 heterocycles. The normalized spacial score (nSPS) is 14.2. The molecule has 1 aliphatic heterocycles. The summed E-state index contributed by atoms with van der Waals surface area (Å²) in [6.45, 7) is 0.919. The Labute approximate surface area is 104 Å². The van der Waals surface area contributed by atoms with Crippen molar-refractivity contribution >= 4 is 17.4 Å². The lowest BCUT2D eigenvalue weighted by molar-refractivity contribution is -0.114. The van der Waals surface area contributed by atoms with E-state index < -0.39 is 17.5 Å². The Morgan fingerprint density at radius 2 is 2.06 bits per heavy atom. The lowest BCUT2D eigenvalue weighted by Gasteiger charge is -2.16. The van der Waals surface area contributed by atoms with Crippen LogP contribution in [0.15, 0.2) is 18.2 Å². The Morgan fingerprint density at radius 3 is 2.78 bits per heavy atom. The highest BCUT2D eigenvalue weighted by atomic mass is 19.1. The minimum atomic E-state index is -0.646. The first-order valence-electron chi connectivity index (χ1n) is 5.80. The fraction of sp³-hybridized carbons (Fsp3) is 0.385. The van der Waals surface area contributed by atoms with Gasteiger partial charge in [0, 0.05) is 20.3 Å². The number of carbonyl (C=O) groups is 2. The van der Waals surface area contributed by atoms with Gasteiger partial charge in [0.1, 0.15) is 5.82 Å². The van der Waals surface area contributed by atoms with Crippen molar-refractivity contribution in [2.45, 2.75) is 12.8 Å². The number of Topliss-reactive ketones (excluding diaryl/α,β-unsaturated/α-hetero) is 1. The maximum absolute atomic E-state index is 13.7. The van der Waals surface area contributed by atoms with E-state index >= 15 is 0 Å². The van der Waals surface area contributed by atoms with Crippen LogP contribution in [0.3, 0.4) is 0 Å². The number of benzene rings is 1. The van der Waals surface area contributed by atoms with Crippen LogP contribution in [-0.4, -0.2) is 32.0 Å². The van der Waals surface area contributed by atoms with Crippen molar-refractivity contribution < 1.29 is 18.7 Å². The molecule has 5 heteroatoms. The average Bonchev–Trinajstić information content (AvgIpc) is 2.61. The summed E-state index contributed by atoms with van der Waals surface area (Å²) >= 11 is 0. The van der Waals surface area contributed by atoms with Gasteiger partial charge in [0.15, 0.2) is 0 Å². The molecule has 0 saturated heterocycles. The van der Waals surface area contributed by atoms with Crippen LogP contribution in [0.5, 0.6) is 0 Å². The molecule has 18 heavy (non-hydrogen) atoms. The number of amides is 1. The van der Waals surface area contributed by atoms with E-state index in [1.807, 2.05) is 0 Å². The monoisotopic (exact) mass is 251 g/mol. The number of carbonyl (C=O) groups excluding carboxylic acids is 2. The maximum atomic E-state index is 13.7. The summed E-state index contributed by atoms with van der Waals surface area (Å²) in [4.78, 5) is 24.6. The van der Waals surface area contributed by atoms with Crippen LogP contribution in [0, 0.1) is 5.82 Å². The lowest BCUT2D eigenvalue weighted by Crippen LogP contribution is -2.31. The van der Waals surface area contributed by atoms with Crippen LogP contribution >= 0.6 is 0 Å². The van der Waals surface area contributed by atoms with Gasteiger partial charge >= 0.3 is 0 Å². The summed E-state index contributed by atoms with van der Waals surface area (Å²) in [5.41, 5.74) is 0.275. The number of ketones is 1. The number of ether oxygens (including phenoxy) is 1. The Kier molecular flexibility index (Phi) is 3.72. The van der Waals surface area contributed by atoms with Crippen molar-refractivity contribution in [3.63, 3.8) is 0 Å². The molecule has 2 rings (SSSR count). The van der Waals surface area contributed by atoms with Crippen molar-refractivity contribution in [2.75, 3.05) is 25.2 Å². The standard InChI is InChI=1S/C13H14FNO3/c1-18-8-3-2-7-15-11-9(12(16)13(15)17)5-4-6-10(11)14/h4-6H,2-3,7-8H2,1H3. The number of anilines is 1. The van der Waals surface area contributed by atoms with Crippen LogP contribution in [-0.2, 0) is 9.53 Å². The zero-order chi connectivity index (χ0) is 13.1. The van der Waals surface area contributed by atoms with Gasteiger partial charge in [-0.25, -0.2) is 4.39 Å². The molecule has 1 aromatic carbocycles. The van der Waals surface area contributed by atoms with E-state index in [1.165, 1.54) is 23.1 Å². The smallest absolute Gasteiger partial charge is 0.299 e. The molecule has 0 saturated carbocycles. The Morgan fingerprint density at radius 1 is 1.28 bits per heavy atom. The second kappa shape index (κ2) is 5.27. The van der Waals surface area contributed by atoms with Crippen LogP contribution in [0.1, 0.15) is 23.2 Å². The quantitative estimate of drug-likeness (QED) is 0.592. The van der Waals surface area contributed by atoms with Gasteiger partial charge in [0.2, 0.25) is 0 Å². The minimum Gasteiger partial charge on any atom is -0.385 e. The van der Waals surface area contributed by atoms with E-state index in [0.29, 0.717) is 19.6 Å². The molecule has 1 aromatic rings. The molecule has 0 N–H and O–H groups in total. The summed E-state index contributed by atoms with van der Waals surface area (Å²) in [7, 11) is 1.60. The number of methoxy groups -OCH3 is 1. The van der Waals surface area contributed by atoms with E-state index in [9.17, 15) is 14.0 Å². The van der Waals surface area contributed by atoms with Crippen molar-refractivity contribution in [2.24, 2.45) is 0 Å². The molecular weight excluding hydrogens is 237 g/mol. The predicted molar refractivity (Wildman–Crippen MR) is 64.2 cm³/mol. The second-order valence-corrected chi connectivity index (χ2v) is 4.12. The molecule has 0 atom stereocenters. The summed E-state index contributed by atoms with van der Waals surface area (Å²) < 4.78 is 18.6. The molecule has 0 unspecified atom stereocenters. The molecule has 4 nitrogen and oxygen atoms in total. The molecule has 96 valence electrons. The van der Waals surface area contributed by atoms with Gasteiger partial charge in [-0.1, -0.05) is 6.07 Å². The van der Waals surface area contributed by atoms with E-state index in [4.69, 9.17) is 4.74 Å². The highest BCUT2D eigenvalue weighted by Crippen LogP contribution is 2.31. The largest absolute Gasteiger partial charge is 0.385 e. The molecular formula is C13H14FNO3. The maximum Gasteiger partial charge on any atom is 0.299 e. The van der Waals surface area contributed by atoms with E-state index in [0.717, 1.165) is 6.42 Å². The van der Waals surface area contributed by atoms with Gasteiger partial charge in [0.25, 0.3) is 11.7 Å². The van der Waals surface area contributed by atoms with E-state index in [-0.39, 0.29) is 11.3 Å². The zero-order valence-corrected chi connectivity index (χ0v) is 10.1. The molecule has 0 radical (unpaired) electrons. The van der Waals surface area contributed by atoms with Gasteiger partial charge in [-0.3, -0.25) is 9.59 Å². The Bertz CT molecular complexity index is 487. The molecule has 0 spiro atoms. The number of rotatable bonds is 5. The zero-order valence-electron chi connectivity index (χ0n) is 10.1. The summed E-state index contributed by atoms with van der Waals surface area (Å²) in [5.74, 6) is -1.80. The summed E-state index contributed by atoms with van der Waals surface area (Å²) in [6, 6.07) is 4.18. The number of fused-ring (bicyclic) bond motifs is 1. The van der Waals surface area contributed by atoms with Gasteiger partial charge in [-0.2, -0.15) is 0 Å². The SMILES string of the molecule is COCCCCN1C(=O)C(=O)c2cccc(F)c21. The number of nitrogens with zero attached hydrogens (tertiary/aromatic N) is 1. The molecule has 0 bridgehead atoms. The second-order valence-electron chi connectivity index (χ2n) is 4.12. The predicted octanol–water partition coefficient (Wildman–Crippen LogP) is 1.78. The summed E-state index contributed by atoms with van der Waals surface area (Å²) in [6.07, 6.45) is 1.43. The Hall–Kier alpha value is -1.75. The highest BCUT2D eigenvalue weighted by molar-refractivity contribution is 6.52. The average molecular weight is 251 g/mol. The first-order chi connectivity index (χ1) is 8.66. The number of para-hydroxylation sites is 1. The topological polar surface area (TPSA) is 46.6 Å². The Balaban J connectivity index is 2.17. The first-order valence-corrected chi connectivity index (χ1v) is 5.80. The fourth-order valence-corrected chi connectivity index (χ4v) is 2.04. The number of halogens is 1. The van der Waals surface area contributed by atoms with Gasteiger partial charge < -0.3 is 9.64 Å². The first kappa shape index (κ1) is 12.7. The minimum absolute atomic E-state index is 0.116. The van der Waals surface area contributed by atoms with Crippen molar-refractivity contribution in [1.29, 1.82) is 0 Å². The fourth-order valence-electron chi connectivity index (χ4n) is 2.04. The van der Waals surface area contributed by atoms with Gasteiger partial charge in [-0.05, 0) is 25.0 Å². The van der Waals surface area contributed by atoms with Crippen LogP contribution in [0.2, 0.25) is 0 Å². The molecule has 1 aliphatic rings. The van der Waals surface area contributed by atoms with Crippen LogP contribution in [0.4, 0.5) is 10.1 Å². The van der Waals surface area contributed by atoms with Crippen molar-refractivity contribution in [1.82, 2.24) is 0 Å².